The summed E-state index contributed by atoms with van der Waals surface area (Å²) < 4.78 is 9.75. The molecule has 0 N–H and O–H groups in total. The molecule has 0 saturated heterocycles. The Bertz CT molecular complexity index is 476. The highest BCUT2D eigenvalue weighted by Crippen LogP contribution is 2.21. The number of allylic oxidation sites excluding steroid dienone is 1. The summed E-state index contributed by atoms with van der Waals surface area (Å²) >= 11 is 0. The topological polar surface area (TPSA) is 52.6 Å². The van der Waals surface area contributed by atoms with E-state index in [9.17, 15) is 9.59 Å². The minimum Gasteiger partial charge on any atom is -0.497 e. The van der Waals surface area contributed by atoms with Crippen LogP contribution in [0.1, 0.15) is 16.8 Å². The molecule has 0 aromatic heterocycles. The Labute approximate surface area is 98.8 Å². The lowest BCUT2D eigenvalue weighted by Gasteiger charge is -2.15. The van der Waals surface area contributed by atoms with Crippen LogP contribution in [0.5, 0.6) is 5.75 Å². The normalized spacial score (nSPS) is 18.6. The van der Waals surface area contributed by atoms with Crippen LogP contribution in [-0.2, 0) is 9.53 Å². The summed E-state index contributed by atoms with van der Waals surface area (Å²) in [7, 11) is 1.53. The molecule has 88 valence electrons. The van der Waals surface area contributed by atoms with Gasteiger partial charge in [0.2, 0.25) is 0 Å². The van der Waals surface area contributed by atoms with Gasteiger partial charge in [0.15, 0.2) is 5.78 Å². The number of rotatable bonds is 3. The number of Topliss-reactive ketones (excluding diaryl/α,β-unsaturated/α-hetero) is 1. The van der Waals surface area contributed by atoms with E-state index in [0.717, 1.165) is 0 Å². The highest BCUT2D eigenvalue weighted by molar-refractivity contribution is 6.09. The number of methoxy groups -OCH3 is 1. The van der Waals surface area contributed by atoms with Crippen molar-refractivity contribution < 1.29 is 19.1 Å². The quantitative estimate of drug-likeness (QED) is 0.454. The first-order valence-corrected chi connectivity index (χ1v) is 5.26. The fourth-order valence-corrected chi connectivity index (χ4v) is 1.68. The summed E-state index contributed by atoms with van der Waals surface area (Å²) in [6.45, 7) is 0. The van der Waals surface area contributed by atoms with Crippen LogP contribution >= 0.6 is 0 Å². The molecule has 0 spiro atoms. The molecule has 1 unspecified atom stereocenters. The Morgan fingerprint density at radius 3 is 3.00 bits per heavy atom. The highest BCUT2D eigenvalue weighted by Gasteiger charge is 2.29. The average Bonchev–Trinajstić information content (AvgIpc) is 2.38. The molecule has 2 rings (SSSR count). The van der Waals surface area contributed by atoms with Crippen LogP contribution in [0.15, 0.2) is 36.6 Å². The third-order valence-corrected chi connectivity index (χ3v) is 2.61. The van der Waals surface area contributed by atoms with E-state index < -0.39 is 11.9 Å². The van der Waals surface area contributed by atoms with Crippen LogP contribution < -0.4 is 4.74 Å². The summed E-state index contributed by atoms with van der Waals surface area (Å²) in [5.74, 6) is -0.888. The van der Waals surface area contributed by atoms with Gasteiger partial charge in [0.1, 0.15) is 11.7 Å². The molecule has 0 bridgehead atoms. The van der Waals surface area contributed by atoms with E-state index in [1.807, 2.05) is 0 Å². The molecule has 4 heteroatoms. The van der Waals surface area contributed by atoms with Crippen molar-refractivity contribution in [3.63, 3.8) is 0 Å². The number of hydrogen-bond donors (Lipinski definition) is 0. The summed E-state index contributed by atoms with van der Waals surface area (Å²) in [6, 6.07) is 6.75. The van der Waals surface area contributed by atoms with E-state index in [1.165, 1.54) is 13.4 Å². The molecule has 0 saturated carbocycles. The minimum atomic E-state index is -0.743. The number of carbonyl (C=O) groups is 2. The van der Waals surface area contributed by atoms with E-state index in [2.05, 4.69) is 0 Å². The van der Waals surface area contributed by atoms with Crippen molar-refractivity contribution in [2.75, 3.05) is 7.11 Å². The van der Waals surface area contributed by atoms with E-state index in [-0.39, 0.29) is 5.78 Å². The van der Waals surface area contributed by atoms with Crippen molar-refractivity contribution in [3.05, 3.63) is 42.2 Å². The van der Waals surface area contributed by atoms with Gasteiger partial charge >= 0.3 is 5.97 Å². The summed E-state index contributed by atoms with van der Waals surface area (Å²) in [6.07, 6.45) is 3.37. The molecule has 0 amide bonds. The predicted octanol–water partition coefficient (Wildman–Crippen LogP) is 1.95. The molecule has 1 aromatic rings. The lowest BCUT2D eigenvalue weighted by molar-refractivity contribution is -0.141. The van der Waals surface area contributed by atoms with Gasteiger partial charge in [0, 0.05) is 5.56 Å². The Morgan fingerprint density at radius 2 is 2.29 bits per heavy atom. The predicted molar refractivity (Wildman–Crippen MR) is 60.7 cm³/mol. The zero-order valence-corrected chi connectivity index (χ0v) is 9.38. The lowest BCUT2D eigenvalue weighted by Crippen LogP contribution is -2.26. The SMILES string of the molecule is COc1cccc(C(=O)C2CC=COC2=O)c1. The summed E-state index contributed by atoms with van der Waals surface area (Å²) in [5, 5.41) is 0. The molecule has 1 aliphatic rings. The van der Waals surface area contributed by atoms with Gasteiger partial charge in [0.25, 0.3) is 0 Å². The van der Waals surface area contributed by atoms with Crippen LogP contribution in [0, 0.1) is 5.92 Å². The molecular weight excluding hydrogens is 220 g/mol. The zero-order valence-electron chi connectivity index (χ0n) is 9.38. The van der Waals surface area contributed by atoms with Gasteiger partial charge in [-0.1, -0.05) is 12.1 Å². The molecular formula is C13H12O4. The van der Waals surface area contributed by atoms with Gasteiger partial charge in [-0.05, 0) is 24.6 Å². The van der Waals surface area contributed by atoms with Gasteiger partial charge < -0.3 is 9.47 Å². The van der Waals surface area contributed by atoms with Crippen LogP contribution in [0.2, 0.25) is 0 Å². The number of esters is 1. The van der Waals surface area contributed by atoms with Gasteiger partial charge in [-0.15, -0.1) is 0 Å². The molecule has 0 radical (unpaired) electrons. The minimum absolute atomic E-state index is 0.238. The smallest absolute Gasteiger partial charge is 0.321 e. The van der Waals surface area contributed by atoms with Crippen LogP contribution in [-0.4, -0.2) is 18.9 Å². The van der Waals surface area contributed by atoms with Crippen LogP contribution in [0.25, 0.3) is 0 Å². The van der Waals surface area contributed by atoms with Gasteiger partial charge in [-0.25, -0.2) is 0 Å². The highest BCUT2D eigenvalue weighted by atomic mass is 16.5. The van der Waals surface area contributed by atoms with Crippen molar-refractivity contribution in [2.24, 2.45) is 5.92 Å². The number of benzene rings is 1. The Kier molecular flexibility index (Phi) is 3.23. The lowest BCUT2D eigenvalue weighted by atomic mass is 9.94. The van der Waals surface area contributed by atoms with Crippen LogP contribution in [0.3, 0.4) is 0 Å². The van der Waals surface area contributed by atoms with E-state index in [1.54, 1.807) is 30.3 Å². The Balaban J connectivity index is 2.24. The van der Waals surface area contributed by atoms with Crippen molar-refractivity contribution >= 4 is 11.8 Å². The zero-order chi connectivity index (χ0) is 12.3. The number of ether oxygens (including phenoxy) is 2. The molecule has 1 aromatic carbocycles. The molecule has 17 heavy (non-hydrogen) atoms. The second-order valence-electron chi connectivity index (χ2n) is 3.69. The van der Waals surface area contributed by atoms with Crippen molar-refractivity contribution in [2.45, 2.75) is 6.42 Å². The van der Waals surface area contributed by atoms with Crippen molar-refractivity contribution in [3.8, 4) is 5.75 Å². The standard InChI is InChI=1S/C13H12O4/c1-16-10-5-2-4-9(8-10)12(14)11-6-3-7-17-13(11)15/h2-5,7-8,11H,6H2,1H3. The largest absolute Gasteiger partial charge is 0.497 e. The van der Waals surface area contributed by atoms with Crippen molar-refractivity contribution in [1.29, 1.82) is 0 Å². The summed E-state index contributed by atoms with van der Waals surface area (Å²) in [4.78, 5) is 23.5. The van der Waals surface area contributed by atoms with Gasteiger partial charge in [-0.3, -0.25) is 9.59 Å². The number of ketones is 1. The maximum absolute atomic E-state index is 12.1. The first-order valence-electron chi connectivity index (χ1n) is 5.26. The molecule has 1 heterocycles. The van der Waals surface area contributed by atoms with Gasteiger partial charge in [0.05, 0.1) is 13.4 Å². The second kappa shape index (κ2) is 4.82. The summed E-state index contributed by atoms with van der Waals surface area (Å²) in [5.41, 5.74) is 0.460. The maximum Gasteiger partial charge on any atom is 0.321 e. The third kappa shape index (κ3) is 2.36. The fraction of sp³-hybridized carbons (Fsp3) is 0.231. The van der Waals surface area contributed by atoms with E-state index >= 15 is 0 Å². The van der Waals surface area contributed by atoms with Crippen LogP contribution in [0.4, 0.5) is 0 Å². The molecule has 4 nitrogen and oxygen atoms in total. The van der Waals surface area contributed by atoms with Gasteiger partial charge in [-0.2, -0.15) is 0 Å². The molecule has 0 aliphatic carbocycles. The number of cyclic esters (lactones) is 1. The molecule has 0 fully saturated rings. The second-order valence-corrected chi connectivity index (χ2v) is 3.69. The third-order valence-electron chi connectivity index (χ3n) is 2.61. The first kappa shape index (κ1) is 11.4. The first-order chi connectivity index (χ1) is 8.22. The van der Waals surface area contributed by atoms with Crippen molar-refractivity contribution in [1.82, 2.24) is 0 Å². The Hall–Kier alpha value is -2.10. The van der Waals surface area contributed by atoms with E-state index in [0.29, 0.717) is 17.7 Å². The maximum atomic E-state index is 12.1. The number of carbonyl (C=O) groups excluding carboxylic acids is 2. The Morgan fingerprint density at radius 1 is 1.47 bits per heavy atom. The monoisotopic (exact) mass is 232 g/mol. The molecule has 1 atom stereocenters. The average molecular weight is 232 g/mol. The van der Waals surface area contributed by atoms with E-state index in [4.69, 9.17) is 9.47 Å². The number of hydrogen-bond acceptors (Lipinski definition) is 4. The molecule has 1 aliphatic heterocycles. The fourth-order valence-electron chi connectivity index (χ4n) is 1.68.